The van der Waals surface area contributed by atoms with Crippen molar-refractivity contribution >= 4 is 50.7 Å². The summed E-state index contributed by atoms with van der Waals surface area (Å²) in [6, 6.07) is 11.0. The average Bonchev–Trinajstić information content (AvgIpc) is 2.73. The number of rotatable bonds is 9. The van der Waals surface area contributed by atoms with Crippen LogP contribution in [0.15, 0.2) is 42.5 Å². The Morgan fingerprint density at radius 3 is 2.11 bits per heavy atom. The molecule has 7 nitrogen and oxygen atoms in total. The highest BCUT2D eigenvalue weighted by molar-refractivity contribution is 7.92. The third-order valence-electron chi connectivity index (χ3n) is 5.22. The highest BCUT2D eigenvalue weighted by Gasteiger charge is 2.33. The lowest BCUT2D eigenvalue weighted by molar-refractivity contribution is -0.141. The largest absolute Gasteiger partial charge is 0.350 e. The van der Waals surface area contributed by atoms with E-state index in [1.54, 1.807) is 49.4 Å². The molecule has 0 aliphatic carbocycles. The smallest absolute Gasteiger partial charge is 0.244 e. The highest BCUT2D eigenvalue weighted by Crippen LogP contribution is 2.25. The first-order chi connectivity index (χ1) is 16.1. The molecule has 2 aromatic rings. The number of benzene rings is 2. The molecule has 192 valence electrons. The van der Waals surface area contributed by atoms with Gasteiger partial charge < -0.3 is 10.2 Å². The Labute approximate surface area is 218 Å². The van der Waals surface area contributed by atoms with Crippen molar-refractivity contribution < 1.29 is 18.0 Å². The van der Waals surface area contributed by atoms with E-state index in [4.69, 9.17) is 23.2 Å². The maximum absolute atomic E-state index is 13.6. The molecular formula is C25H33Cl2N3O4S. The molecule has 0 unspecified atom stereocenters. The average molecular weight is 543 g/mol. The second-order valence-electron chi connectivity index (χ2n) is 9.54. The summed E-state index contributed by atoms with van der Waals surface area (Å²) in [4.78, 5) is 28.2. The number of halogens is 2. The Kier molecular flexibility index (Phi) is 9.62. The molecule has 2 amide bonds. The van der Waals surface area contributed by atoms with Gasteiger partial charge in [0.05, 0.1) is 22.0 Å². The normalized spacial score (nSPS) is 12.7. The van der Waals surface area contributed by atoms with E-state index in [9.17, 15) is 18.0 Å². The summed E-state index contributed by atoms with van der Waals surface area (Å²) < 4.78 is 26.3. The first-order valence-electron chi connectivity index (χ1n) is 11.2. The van der Waals surface area contributed by atoms with Gasteiger partial charge >= 0.3 is 0 Å². The number of hydrogen-bond acceptors (Lipinski definition) is 4. The van der Waals surface area contributed by atoms with Gasteiger partial charge in [-0.15, -0.1) is 0 Å². The van der Waals surface area contributed by atoms with Crippen LogP contribution in [0.3, 0.4) is 0 Å². The van der Waals surface area contributed by atoms with E-state index in [-0.39, 0.29) is 12.5 Å². The number of aryl methyl sites for hydroxylation is 1. The summed E-state index contributed by atoms with van der Waals surface area (Å²) in [6.45, 7) is 8.84. The lowest BCUT2D eigenvalue weighted by Crippen LogP contribution is -2.55. The van der Waals surface area contributed by atoms with Crippen LogP contribution in [0.25, 0.3) is 0 Å². The number of sulfonamides is 1. The van der Waals surface area contributed by atoms with Gasteiger partial charge in [0.2, 0.25) is 21.8 Å². The number of hydrogen-bond donors (Lipinski definition) is 1. The Bertz CT molecular complexity index is 1160. The predicted molar refractivity (Wildman–Crippen MR) is 142 cm³/mol. The Morgan fingerprint density at radius 1 is 1.03 bits per heavy atom. The van der Waals surface area contributed by atoms with Crippen molar-refractivity contribution in [2.75, 3.05) is 17.1 Å². The number of nitrogens with zero attached hydrogens (tertiary/aromatic N) is 2. The van der Waals surface area contributed by atoms with E-state index >= 15 is 0 Å². The van der Waals surface area contributed by atoms with Gasteiger partial charge in [-0.1, -0.05) is 53.9 Å². The van der Waals surface area contributed by atoms with Gasteiger partial charge in [0.25, 0.3) is 0 Å². The summed E-state index contributed by atoms with van der Waals surface area (Å²) in [5.41, 5.74) is 1.48. The summed E-state index contributed by atoms with van der Waals surface area (Å²) in [5, 5.41) is 3.61. The van der Waals surface area contributed by atoms with E-state index in [1.165, 1.54) is 4.90 Å². The quantitative estimate of drug-likeness (QED) is 0.494. The van der Waals surface area contributed by atoms with Crippen molar-refractivity contribution in [2.24, 2.45) is 0 Å². The van der Waals surface area contributed by atoms with Gasteiger partial charge in [-0.25, -0.2) is 8.42 Å². The van der Waals surface area contributed by atoms with E-state index in [1.807, 2.05) is 27.7 Å². The fourth-order valence-corrected chi connectivity index (χ4v) is 4.70. The Hall–Kier alpha value is -2.29. The molecule has 0 aromatic heterocycles. The van der Waals surface area contributed by atoms with E-state index in [0.29, 0.717) is 27.7 Å². The molecule has 0 heterocycles. The maximum Gasteiger partial charge on any atom is 0.244 e. The Morgan fingerprint density at radius 2 is 1.63 bits per heavy atom. The number of carbonyl (C=O) groups is 2. The minimum absolute atomic E-state index is 0.0529. The van der Waals surface area contributed by atoms with Crippen molar-refractivity contribution in [1.82, 2.24) is 10.2 Å². The van der Waals surface area contributed by atoms with Crippen molar-refractivity contribution in [3.63, 3.8) is 0 Å². The molecule has 10 heteroatoms. The van der Waals surface area contributed by atoms with Crippen LogP contribution < -0.4 is 9.62 Å². The summed E-state index contributed by atoms with van der Waals surface area (Å²) in [5.74, 6) is -0.840. The molecule has 0 saturated carbocycles. The summed E-state index contributed by atoms with van der Waals surface area (Å²) in [7, 11) is -3.78. The van der Waals surface area contributed by atoms with Crippen LogP contribution in [0.2, 0.25) is 10.0 Å². The molecule has 2 aromatic carbocycles. The molecule has 0 aliphatic heterocycles. The summed E-state index contributed by atoms with van der Waals surface area (Å²) >= 11 is 12.2. The first-order valence-corrected chi connectivity index (χ1v) is 13.8. The van der Waals surface area contributed by atoms with Crippen LogP contribution in [-0.2, 0) is 26.2 Å². The zero-order chi connectivity index (χ0) is 26.6. The van der Waals surface area contributed by atoms with Gasteiger partial charge in [-0.3, -0.25) is 13.9 Å². The molecule has 1 atom stereocenters. The number of amides is 2. The van der Waals surface area contributed by atoms with Gasteiger partial charge in [0.15, 0.2) is 0 Å². The molecule has 0 bridgehead atoms. The van der Waals surface area contributed by atoms with E-state index < -0.39 is 34.1 Å². The molecule has 0 fully saturated rings. The lowest BCUT2D eigenvalue weighted by Gasteiger charge is -2.34. The molecule has 0 spiro atoms. The van der Waals surface area contributed by atoms with Crippen LogP contribution in [0.4, 0.5) is 5.69 Å². The minimum atomic E-state index is -3.78. The number of anilines is 1. The van der Waals surface area contributed by atoms with Crippen molar-refractivity contribution in [3.05, 3.63) is 63.6 Å². The lowest BCUT2D eigenvalue weighted by atomic mass is 10.1. The maximum atomic E-state index is 13.6. The van der Waals surface area contributed by atoms with Crippen molar-refractivity contribution in [2.45, 2.75) is 59.2 Å². The van der Waals surface area contributed by atoms with E-state index in [0.717, 1.165) is 16.1 Å². The van der Waals surface area contributed by atoms with E-state index in [2.05, 4.69) is 5.32 Å². The fraction of sp³-hybridized carbons (Fsp3) is 0.440. The fourth-order valence-electron chi connectivity index (χ4n) is 3.53. The molecule has 0 radical (unpaired) electrons. The third kappa shape index (κ3) is 8.40. The first kappa shape index (κ1) is 28.9. The zero-order valence-corrected chi connectivity index (χ0v) is 23.3. The van der Waals surface area contributed by atoms with Crippen molar-refractivity contribution in [3.8, 4) is 0 Å². The van der Waals surface area contributed by atoms with Gasteiger partial charge in [-0.05, 0) is 63.9 Å². The second kappa shape index (κ2) is 11.6. The SMILES string of the molecule is CC[C@@H](C(=O)NC(C)(C)C)N(Cc1ccc(Cl)c(Cl)c1)C(=O)CN(c1ccc(C)cc1)S(C)(=O)=O. The van der Waals surface area contributed by atoms with Gasteiger partial charge in [-0.2, -0.15) is 0 Å². The molecular weight excluding hydrogens is 509 g/mol. The topological polar surface area (TPSA) is 86.8 Å². The van der Waals surface area contributed by atoms with Crippen LogP contribution in [0.1, 0.15) is 45.2 Å². The van der Waals surface area contributed by atoms with Gasteiger partial charge in [0.1, 0.15) is 12.6 Å². The van der Waals surface area contributed by atoms with Crippen LogP contribution in [0.5, 0.6) is 0 Å². The number of nitrogens with one attached hydrogen (secondary N) is 1. The minimum Gasteiger partial charge on any atom is -0.350 e. The predicted octanol–water partition coefficient (Wildman–Crippen LogP) is 4.79. The second-order valence-corrected chi connectivity index (χ2v) is 12.3. The van der Waals surface area contributed by atoms with Crippen LogP contribution in [-0.4, -0.2) is 49.5 Å². The number of carbonyl (C=O) groups excluding carboxylic acids is 2. The molecule has 35 heavy (non-hydrogen) atoms. The molecule has 1 N–H and O–H groups in total. The summed E-state index contributed by atoms with van der Waals surface area (Å²) in [6.07, 6.45) is 1.38. The Balaban J connectivity index is 2.47. The van der Waals surface area contributed by atoms with Crippen LogP contribution in [0, 0.1) is 6.92 Å². The molecule has 2 rings (SSSR count). The monoisotopic (exact) mass is 541 g/mol. The zero-order valence-electron chi connectivity index (χ0n) is 20.9. The molecule has 0 aliphatic rings. The van der Waals surface area contributed by atoms with Gasteiger partial charge in [0, 0.05) is 12.1 Å². The highest BCUT2D eigenvalue weighted by atomic mass is 35.5. The van der Waals surface area contributed by atoms with Crippen molar-refractivity contribution in [1.29, 1.82) is 0 Å². The third-order valence-corrected chi connectivity index (χ3v) is 7.10. The molecule has 0 saturated heterocycles. The van der Waals surface area contributed by atoms with Crippen LogP contribution >= 0.6 is 23.2 Å². The standard InChI is InChI=1S/C25H33Cl2N3O4S/c1-7-22(24(32)28-25(3,4)5)29(15-18-10-13-20(26)21(27)14-18)23(31)16-30(35(6,33)34)19-11-8-17(2)9-12-19/h8-14,22H,7,15-16H2,1-6H3,(H,28,32)/t22-/m0/s1.